The highest BCUT2D eigenvalue weighted by atomic mass is 32.1. The molecule has 3 atom stereocenters. The fourth-order valence-electron chi connectivity index (χ4n) is 4.26. The largest absolute Gasteiger partial charge is 0.410 e. The highest BCUT2D eigenvalue weighted by molar-refractivity contribution is 7.07. The number of hydrogen-bond acceptors (Lipinski definition) is 6. The highest BCUT2D eigenvalue weighted by Gasteiger charge is 2.47. The van der Waals surface area contributed by atoms with Gasteiger partial charge in [0.1, 0.15) is 10.7 Å². The van der Waals surface area contributed by atoms with E-state index in [1.807, 2.05) is 13.8 Å². The fourth-order valence-corrected chi connectivity index (χ4v) is 4.88. The van der Waals surface area contributed by atoms with Crippen molar-refractivity contribution in [3.8, 4) is 0 Å². The summed E-state index contributed by atoms with van der Waals surface area (Å²) in [5, 5.41) is 11.5. The summed E-state index contributed by atoms with van der Waals surface area (Å²) in [4.78, 5) is 15.3. The SMILES string of the molecule is Cc1nnsc1C(=O)N1CCCC[C@@H]1c1cc2n(n1)[C@@H](C(F)(F)F)C[C@@H](C(C)C)N2. The highest BCUT2D eigenvalue weighted by Crippen LogP contribution is 2.42. The second kappa shape index (κ2) is 7.82. The predicted molar refractivity (Wildman–Crippen MR) is 106 cm³/mol. The van der Waals surface area contributed by atoms with Crippen LogP contribution < -0.4 is 5.32 Å². The van der Waals surface area contributed by atoms with E-state index in [-0.39, 0.29) is 30.3 Å². The molecule has 2 aliphatic heterocycles. The number of rotatable bonds is 3. The monoisotopic (exact) mass is 442 g/mol. The molecular weight excluding hydrogens is 417 g/mol. The number of piperidine rings is 1. The van der Waals surface area contributed by atoms with Crippen LogP contribution in [0.25, 0.3) is 0 Å². The van der Waals surface area contributed by atoms with Crippen LogP contribution in [0, 0.1) is 12.8 Å². The molecule has 4 rings (SSSR count). The van der Waals surface area contributed by atoms with E-state index in [2.05, 4.69) is 20.0 Å². The Balaban J connectivity index is 1.68. The third kappa shape index (κ3) is 3.79. The Hall–Kier alpha value is -2.17. The van der Waals surface area contributed by atoms with Gasteiger partial charge in [0, 0.05) is 18.7 Å². The molecule has 11 heteroatoms. The molecule has 0 aromatic carbocycles. The van der Waals surface area contributed by atoms with Crippen molar-refractivity contribution in [2.24, 2.45) is 5.92 Å². The molecule has 2 aliphatic rings. The van der Waals surface area contributed by atoms with Crippen molar-refractivity contribution in [2.75, 3.05) is 11.9 Å². The second-order valence-corrected chi connectivity index (χ2v) is 9.14. The van der Waals surface area contributed by atoms with Crippen LogP contribution in [0.1, 0.15) is 72.7 Å². The summed E-state index contributed by atoms with van der Waals surface area (Å²) >= 11 is 1.04. The number of hydrogen-bond donors (Lipinski definition) is 1. The minimum absolute atomic E-state index is 0.0523. The van der Waals surface area contributed by atoms with Gasteiger partial charge in [-0.3, -0.25) is 4.79 Å². The Morgan fingerprint density at radius 3 is 2.73 bits per heavy atom. The lowest BCUT2D eigenvalue weighted by Gasteiger charge is -2.35. The first-order valence-electron chi connectivity index (χ1n) is 10.2. The Kier molecular flexibility index (Phi) is 5.50. The number of anilines is 1. The van der Waals surface area contributed by atoms with Crippen LogP contribution in [0.2, 0.25) is 0 Å². The lowest BCUT2D eigenvalue weighted by molar-refractivity contribution is -0.174. The Labute approximate surface area is 176 Å². The molecule has 4 heterocycles. The normalized spacial score (nSPS) is 24.6. The van der Waals surface area contributed by atoms with Gasteiger partial charge in [-0.2, -0.15) is 18.3 Å². The van der Waals surface area contributed by atoms with Crippen molar-refractivity contribution in [3.05, 3.63) is 22.3 Å². The number of nitrogens with zero attached hydrogens (tertiary/aromatic N) is 5. The topological polar surface area (TPSA) is 75.9 Å². The van der Waals surface area contributed by atoms with Gasteiger partial charge in [0.05, 0.1) is 17.4 Å². The zero-order chi connectivity index (χ0) is 21.6. The average Bonchev–Trinajstić information content (AvgIpc) is 3.31. The number of amides is 1. The first-order valence-corrected chi connectivity index (χ1v) is 11.0. The van der Waals surface area contributed by atoms with Crippen molar-refractivity contribution < 1.29 is 18.0 Å². The summed E-state index contributed by atoms with van der Waals surface area (Å²) in [6.45, 7) is 6.08. The smallest absolute Gasteiger partial charge is 0.367 e. The lowest BCUT2D eigenvalue weighted by Crippen LogP contribution is -2.41. The summed E-state index contributed by atoms with van der Waals surface area (Å²) in [5.74, 6) is 0.237. The molecule has 0 radical (unpaired) electrons. The van der Waals surface area contributed by atoms with E-state index >= 15 is 0 Å². The number of aromatic nitrogens is 4. The van der Waals surface area contributed by atoms with Gasteiger partial charge in [0.2, 0.25) is 0 Å². The Bertz CT molecular complexity index is 924. The summed E-state index contributed by atoms with van der Waals surface area (Å²) in [7, 11) is 0. The van der Waals surface area contributed by atoms with Crippen molar-refractivity contribution in [2.45, 2.75) is 70.8 Å². The van der Waals surface area contributed by atoms with E-state index in [9.17, 15) is 18.0 Å². The molecule has 164 valence electrons. The van der Waals surface area contributed by atoms with Crippen LogP contribution in [0.5, 0.6) is 0 Å². The van der Waals surface area contributed by atoms with Crippen LogP contribution in [0.4, 0.5) is 19.0 Å². The number of likely N-dealkylation sites (tertiary alicyclic amines) is 1. The molecule has 1 fully saturated rings. The van der Waals surface area contributed by atoms with Gasteiger partial charge < -0.3 is 10.2 Å². The second-order valence-electron chi connectivity index (χ2n) is 8.38. The molecular formula is C19H25F3N6OS. The predicted octanol–water partition coefficient (Wildman–Crippen LogP) is 4.35. The maximum Gasteiger partial charge on any atom is 0.410 e. The maximum absolute atomic E-state index is 13.8. The Morgan fingerprint density at radius 2 is 2.10 bits per heavy atom. The van der Waals surface area contributed by atoms with Gasteiger partial charge in [-0.05, 0) is 50.1 Å². The fraction of sp³-hybridized carbons (Fsp3) is 0.684. The van der Waals surface area contributed by atoms with E-state index in [1.54, 1.807) is 17.9 Å². The molecule has 1 saturated heterocycles. The number of alkyl halides is 3. The molecule has 30 heavy (non-hydrogen) atoms. The summed E-state index contributed by atoms with van der Waals surface area (Å²) in [6.07, 6.45) is -2.05. The summed E-state index contributed by atoms with van der Waals surface area (Å²) in [5.41, 5.74) is 1.07. The minimum Gasteiger partial charge on any atom is -0.367 e. The van der Waals surface area contributed by atoms with Crippen LogP contribution in [0.15, 0.2) is 6.07 Å². The van der Waals surface area contributed by atoms with Gasteiger partial charge in [0.15, 0.2) is 6.04 Å². The van der Waals surface area contributed by atoms with E-state index in [1.165, 1.54) is 0 Å². The van der Waals surface area contributed by atoms with Gasteiger partial charge >= 0.3 is 6.18 Å². The molecule has 7 nitrogen and oxygen atoms in total. The van der Waals surface area contributed by atoms with E-state index in [4.69, 9.17) is 0 Å². The number of nitrogens with one attached hydrogen (secondary N) is 1. The number of fused-ring (bicyclic) bond motifs is 1. The summed E-state index contributed by atoms with van der Waals surface area (Å²) in [6, 6.07) is -0.639. The third-order valence-electron chi connectivity index (χ3n) is 5.99. The number of carbonyl (C=O) groups excluding carboxylic acids is 1. The molecule has 1 amide bonds. The first-order chi connectivity index (χ1) is 14.2. The minimum atomic E-state index is -4.39. The molecule has 2 aromatic rings. The van der Waals surface area contributed by atoms with E-state index < -0.39 is 12.2 Å². The van der Waals surface area contributed by atoms with Crippen molar-refractivity contribution in [3.63, 3.8) is 0 Å². The quantitative estimate of drug-likeness (QED) is 0.765. The first kappa shape index (κ1) is 21.1. The molecule has 1 N–H and O–H groups in total. The zero-order valence-corrected chi connectivity index (χ0v) is 17.9. The van der Waals surface area contributed by atoms with E-state index in [0.29, 0.717) is 35.0 Å². The molecule has 0 saturated carbocycles. The van der Waals surface area contributed by atoms with Gasteiger partial charge in [-0.25, -0.2) is 4.68 Å². The zero-order valence-electron chi connectivity index (χ0n) is 17.1. The summed E-state index contributed by atoms with van der Waals surface area (Å²) < 4.78 is 46.2. The van der Waals surface area contributed by atoms with Crippen LogP contribution in [0.3, 0.4) is 0 Å². The van der Waals surface area contributed by atoms with Gasteiger partial charge in [0.25, 0.3) is 5.91 Å². The average molecular weight is 443 g/mol. The Morgan fingerprint density at radius 1 is 1.33 bits per heavy atom. The number of halogens is 3. The molecule has 0 unspecified atom stereocenters. The van der Waals surface area contributed by atoms with Crippen LogP contribution in [-0.4, -0.2) is 48.9 Å². The molecule has 0 bridgehead atoms. The van der Waals surface area contributed by atoms with Crippen LogP contribution >= 0.6 is 11.5 Å². The molecule has 0 spiro atoms. The van der Waals surface area contributed by atoms with Crippen LogP contribution in [-0.2, 0) is 0 Å². The third-order valence-corrected chi connectivity index (χ3v) is 6.81. The molecule has 2 aromatic heterocycles. The standard InChI is InChI=1S/C19H25F3N6OS/c1-10(2)12-8-15(19(20,21)22)28-16(23-12)9-13(25-28)14-6-4-5-7-27(14)18(29)17-11(3)24-26-30-17/h9-10,12,14-15,23H,4-8H2,1-3H3/t12-,14+,15+/m0/s1. The van der Waals surface area contributed by atoms with Gasteiger partial charge in [-0.1, -0.05) is 18.3 Å². The maximum atomic E-state index is 13.8. The van der Waals surface area contributed by atoms with Crippen molar-refractivity contribution in [1.82, 2.24) is 24.3 Å². The number of aryl methyl sites for hydroxylation is 1. The van der Waals surface area contributed by atoms with Crippen molar-refractivity contribution in [1.29, 1.82) is 0 Å². The van der Waals surface area contributed by atoms with Crippen molar-refractivity contribution >= 4 is 23.3 Å². The molecule has 0 aliphatic carbocycles. The van der Waals surface area contributed by atoms with E-state index in [0.717, 1.165) is 29.1 Å². The van der Waals surface area contributed by atoms with Gasteiger partial charge in [-0.15, -0.1) is 5.10 Å². The lowest BCUT2D eigenvalue weighted by atomic mass is 9.94. The number of carbonyl (C=O) groups is 1.